The Morgan fingerprint density at radius 3 is 2.56 bits per heavy atom. The van der Waals surface area contributed by atoms with Crippen molar-refractivity contribution < 1.29 is 9.53 Å². The van der Waals surface area contributed by atoms with Crippen LogP contribution in [0.3, 0.4) is 0 Å². The Labute approximate surface area is 167 Å². The summed E-state index contributed by atoms with van der Waals surface area (Å²) in [5.41, 5.74) is 4.94. The molecule has 0 heterocycles. The Kier molecular flexibility index (Phi) is 8.23. The van der Waals surface area contributed by atoms with Gasteiger partial charge >= 0.3 is 0 Å². The van der Waals surface area contributed by atoms with Gasteiger partial charge in [0.25, 0.3) is 5.91 Å². The number of benzene rings is 2. The van der Waals surface area contributed by atoms with Crippen molar-refractivity contribution >= 4 is 17.7 Å². The number of ether oxygens (including phenoxy) is 1. The first-order chi connectivity index (χ1) is 12.9. The number of aryl methyl sites for hydroxylation is 2. The number of amides is 1. The number of hydrogen-bond donors (Lipinski definition) is 1. The zero-order valence-electron chi connectivity index (χ0n) is 17.0. The molecule has 0 aromatic heterocycles. The molecule has 0 bridgehead atoms. The second kappa shape index (κ2) is 10.4. The van der Waals surface area contributed by atoms with Gasteiger partial charge in [-0.2, -0.15) is 11.8 Å². The lowest BCUT2D eigenvalue weighted by molar-refractivity contribution is -0.127. The van der Waals surface area contributed by atoms with Crippen LogP contribution in [0, 0.1) is 13.8 Å². The average molecular weight is 386 g/mol. The van der Waals surface area contributed by atoms with E-state index in [0.717, 1.165) is 28.4 Å². The van der Waals surface area contributed by atoms with E-state index in [1.54, 1.807) is 0 Å². The topological polar surface area (TPSA) is 38.3 Å². The molecule has 1 amide bonds. The van der Waals surface area contributed by atoms with Crippen LogP contribution >= 0.6 is 11.8 Å². The van der Waals surface area contributed by atoms with Gasteiger partial charge in [-0.15, -0.1) is 0 Å². The summed E-state index contributed by atoms with van der Waals surface area (Å²) in [4.78, 5) is 12.4. The molecule has 1 N–H and O–H groups in total. The lowest BCUT2D eigenvalue weighted by Crippen LogP contribution is -2.37. The summed E-state index contributed by atoms with van der Waals surface area (Å²) in [7, 11) is 0. The van der Waals surface area contributed by atoms with Crippen molar-refractivity contribution in [3.63, 3.8) is 0 Å². The van der Waals surface area contributed by atoms with Crippen molar-refractivity contribution in [1.29, 1.82) is 0 Å². The van der Waals surface area contributed by atoms with Gasteiger partial charge in [-0.3, -0.25) is 4.79 Å². The lowest BCUT2D eigenvalue weighted by atomic mass is 10.0. The molecule has 2 aromatic rings. The number of carbonyl (C=O) groups is 1. The SMILES string of the molecule is Cc1ccc(C(C)C)c(O[C@@H](C)C(=O)NCCSCc2ccccc2C)c1. The molecule has 27 heavy (non-hydrogen) atoms. The van der Waals surface area contributed by atoms with Crippen molar-refractivity contribution in [2.75, 3.05) is 12.3 Å². The van der Waals surface area contributed by atoms with Crippen LogP contribution in [0.4, 0.5) is 0 Å². The van der Waals surface area contributed by atoms with Crippen LogP contribution in [0.5, 0.6) is 5.75 Å². The van der Waals surface area contributed by atoms with Crippen LogP contribution in [0.15, 0.2) is 42.5 Å². The number of nitrogens with one attached hydrogen (secondary N) is 1. The first-order valence-electron chi connectivity index (χ1n) is 9.55. The van der Waals surface area contributed by atoms with Crippen LogP contribution in [0.25, 0.3) is 0 Å². The predicted octanol–water partition coefficient (Wildman–Crippen LogP) is 5.24. The third kappa shape index (κ3) is 6.62. The normalized spacial score (nSPS) is 12.1. The molecule has 0 aliphatic heterocycles. The van der Waals surface area contributed by atoms with Gasteiger partial charge < -0.3 is 10.1 Å². The Bertz CT molecular complexity index is 758. The standard InChI is InChI=1S/C23H31NO2S/c1-16(2)21-11-10-17(3)14-22(21)26-19(5)23(25)24-12-13-27-15-20-9-7-6-8-18(20)4/h6-11,14,16,19H,12-13,15H2,1-5H3,(H,24,25)/t19-/m0/s1. The maximum Gasteiger partial charge on any atom is 0.260 e. The molecular formula is C23H31NO2S. The fraction of sp³-hybridized carbons (Fsp3) is 0.435. The Morgan fingerprint density at radius 1 is 1.11 bits per heavy atom. The van der Waals surface area contributed by atoms with Crippen LogP contribution in [-0.2, 0) is 10.5 Å². The lowest BCUT2D eigenvalue weighted by Gasteiger charge is -2.19. The van der Waals surface area contributed by atoms with Crippen LogP contribution in [0.1, 0.15) is 48.9 Å². The molecule has 2 rings (SSSR count). The van der Waals surface area contributed by atoms with Gasteiger partial charge in [0.15, 0.2) is 6.10 Å². The minimum atomic E-state index is -0.509. The molecule has 0 spiro atoms. The highest BCUT2D eigenvalue weighted by Crippen LogP contribution is 2.28. The van der Waals surface area contributed by atoms with Gasteiger partial charge in [-0.25, -0.2) is 0 Å². The summed E-state index contributed by atoms with van der Waals surface area (Å²) in [6, 6.07) is 14.6. The number of rotatable bonds is 9. The van der Waals surface area contributed by atoms with Gasteiger partial charge in [0.2, 0.25) is 0 Å². The highest BCUT2D eigenvalue weighted by molar-refractivity contribution is 7.98. The van der Waals surface area contributed by atoms with Gasteiger partial charge in [0, 0.05) is 18.1 Å². The first kappa shape index (κ1) is 21.4. The van der Waals surface area contributed by atoms with Crippen molar-refractivity contribution in [2.24, 2.45) is 0 Å². The van der Waals surface area contributed by atoms with Gasteiger partial charge in [-0.05, 0) is 55.0 Å². The Balaban J connectivity index is 1.78. The van der Waals surface area contributed by atoms with Crippen molar-refractivity contribution in [3.8, 4) is 5.75 Å². The van der Waals surface area contributed by atoms with Gasteiger partial charge in [0.05, 0.1) is 0 Å². The summed E-state index contributed by atoms with van der Waals surface area (Å²) in [6.45, 7) is 10.9. The second-order valence-corrected chi connectivity index (χ2v) is 8.33. The molecule has 2 aromatic carbocycles. The molecule has 0 aliphatic rings. The van der Waals surface area contributed by atoms with Crippen molar-refractivity contribution in [3.05, 3.63) is 64.7 Å². The highest BCUT2D eigenvalue weighted by Gasteiger charge is 2.17. The second-order valence-electron chi connectivity index (χ2n) is 7.23. The fourth-order valence-corrected chi connectivity index (χ4v) is 3.74. The Morgan fingerprint density at radius 2 is 1.85 bits per heavy atom. The van der Waals surface area contributed by atoms with Crippen LogP contribution < -0.4 is 10.1 Å². The van der Waals surface area contributed by atoms with E-state index in [0.29, 0.717) is 12.5 Å². The summed E-state index contributed by atoms with van der Waals surface area (Å²) in [6.07, 6.45) is -0.509. The zero-order chi connectivity index (χ0) is 19.8. The van der Waals surface area contributed by atoms with E-state index < -0.39 is 6.10 Å². The minimum Gasteiger partial charge on any atom is -0.481 e. The highest BCUT2D eigenvalue weighted by atomic mass is 32.2. The number of carbonyl (C=O) groups excluding carboxylic acids is 1. The molecule has 0 unspecified atom stereocenters. The average Bonchev–Trinajstić information content (AvgIpc) is 2.62. The van der Waals surface area contributed by atoms with Crippen molar-refractivity contribution in [2.45, 2.75) is 52.4 Å². The molecule has 146 valence electrons. The first-order valence-corrected chi connectivity index (χ1v) is 10.7. The smallest absolute Gasteiger partial charge is 0.260 e. The molecule has 1 atom stereocenters. The van der Waals surface area contributed by atoms with E-state index in [4.69, 9.17) is 4.74 Å². The third-order valence-electron chi connectivity index (χ3n) is 4.53. The molecule has 4 heteroatoms. The molecular weight excluding hydrogens is 354 g/mol. The third-order valence-corrected chi connectivity index (χ3v) is 5.54. The zero-order valence-corrected chi connectivity index (χ0v) is 17.9. The van der Waals surface area contributed by atoms with E-state index >= 15 is 0 Å². The van der Waals surface area contributed by atoms with E-state index in [1.807, 2.05) is 31.7 Å². The number of hydrogen-bond acceptors (Lipinski definition) is 3. The Hall–Kier alpha value is -1.94. The fourth-order valence-electron chi connectivity index (χ4n) is 2.81. The maximum atomic E-state index is 12.4. The quantitative estimate of drug-likeness (QED) is 0.600. The van der Waals surface area contributed by atoms with Crippen LogP contribution in [0.2, 0.25) is 0 Å². The molecule has 0 aliphatic carbocycles. The predicted molar refractivity (Wildman–Crippen MR) is 116 cm³/mol. The molecule has 0 saturated carbocycles. The van der Waals surface area contributed by atoms with E-state index in [2.05, 4.69) is 62.5 Å². The molecule has 0 fully saturated rings. The molecule has 0 saturated heterocycles. The molecule has 0 radical (unpaired) electrons. The molecule has 3 nitrogen and oxygen atoms in total. The monoisotopic (exact) mass is 385 g/mol. The largest absolute Gasteiger partial charge is 0.481 e. The van der Waals surface area contributed by atoms with E-state index in [1.165, 1.54) is 11.1 Å². The summed E-state index contributed by atoms with van der Waals surface area (Å²) < 4.78 is 5.97. The minimum absolute atomic E-state index is 0.0669. The van der Waals surface area contributed by atoms with Gasteiger partial charge in [0.1, 0.15) is 5.75 Å². The van der Waals surface area contributed by atoms with E-state index in [-0.39, 0.29) is 5.91 Å². The number of thioether (sulfide) groups is 1. The summed E-state index contributed by atoms with van der Waals surface area (Å²) >= 11 is 1.83. The van der Waals surface area contributed by atoms with Crippen molar-refractivity contribution in [1.82, 2.24) is 5.32 Å². The van der Waals surface area contributed by atoms with E-state index in [9.17, 15) is 4.79 Å². The maximum absolute atomic E-state index is 12.4. The summed E-state index contributed by atoms with van der Waals surface area (Å²) in [5, 5.41) is 2.98. The van der Waals surface area contributed by atoms with Crippen LogP contribution in [-0.4, -0.2) is 24.3 Å². The summed E-state index contributed by atoms with van der Waals surface area (Å²) in [5.74, 6) is 2.95. The van der Waals surface area contributed by atoms with Gasteiger partial charge in [-0.1, -0.05) is 50.2 Å².